The van der Waals surface area contributed by atoms with Crippen LogP contribution in [0.5, 0.6) is 0 Å². The summed E-state index contributed by atoms with van der Waals surface area (Å²) in [5.74, 6) is -2.39. The minimum absolute atomic E-state index is 0.0459. The molecule has 21 heavy (non-hydrogen) atoms. The molecule has 0 aliphatic carbocycles. The molecule has 0 fully saturated rings. The van der Waals surface area contributed by atoms with Crippen molar-refractivity contribution in [3.63, 3.8) is 0 Å². The van der Waals surface area contributed by atoms with E-state index in [0.717, 1.165) is 17.7 Å². The molecular weight excluding hydrogens is 338 g/mol. The van der Waals surface area contributed by atoms with Gasteiger partial charge in [-0.05, 0) is 23.1 Å². The first-order valence-corrected chi connectivity index (χ1v) is 7.29. The van der Waals surface area contributed by atoms with Crippen LogP contribution in [0.2, 0.25) is 0 Å². The molecule has 0 bridgehead atoms. The molecule has 0 amide bonds. The fourth-order valence-corrected chi connectivity index (χ4v) is 2.43. The zero-order valence-electron chi connectivity index (χ0n) is 12.0. The third-order valence-electron chi connectivity index (χ3n) is 3.25. The second-order valence-corrected chi connectivity index (χ2v) is 6.82. The quantitative estimate of drug-likeness (QED) is 0.674. The standard InChI is InChI=1S/C17H15BrF2O/c1-17(2,3)11-6-4-10(5-7-11)16(21)15-13(19)8-12(18)9-14(15)20/h4-9H,1-3H3. The number of ketones is 1. The van der Waals surface area contributed by atoms with Crippen molar-refractivity contribution in [2.24, 2.45) is 0 Å². The minimum atomic E-state index is -0.869. The predicted molar refractivity (Wildman–Crippen MR) is 82.6 cm³/mol. The summed E-state index contributed by atoms with van der Waals surface area (Å²) in [6.07, 6.45) is 0. The van der Waals surface area contributed by atoms with Gasteiger partial charge in [-0.2, -0.15) is 0 Å². The first-order valence-electron chi connectivity index (χ1n) is 6.50. The van der Waals surface area contributed by atoms with Gasteiger partial charge in [0.1, 0.15) is 11.6 Å². The highest BCUT2D eigenvalue weighted by molar-refractivity contribution is 9.10. The summed E-state index contributed by atoms with van der Waals surface area (Å²) in [5.41, 5.74) is 0.746. The highest BCUT2D eigenvalue weighted by atomic mass is 79.9. The molecule has 0 aromatic heterocycles. The summed E-state index contributed by atoms with van der Waals surface area (Å²) in [7, 11) is 0. The third-order valence-corrected chi connectivity index (χ3v) is 3.70. The Morgan fingerprint density at radius 1 is 1.00 bits per heavy atom. The van der Waals surface area contributed by atoms with E-state index in [2.05, 4.69) is 36.7 Å². The SMILES string of the molecule is CC(C)(C)c1ccc(C(=O)c2c(F)cc(Br)cc2F)cc1. The number of benzene rings is 2. The lowest BCUT2D eigenvalue weighted by Crippen LogP contribution is -2.12. The third kappa shape index (κ3) is 3.38. The Balaban J connectivity index is 2.42. The van der Waals surface area contributed by atoms with E-state index in [-0.39, 0.29) is 15.5 Å². The van der Waals surface area contributed by atoms with Gasteiger partial charge in [-0.15, -0.1) is 0 Å². The van der Waals surface area contributed by atoms with E-state index in [4.69, 9.17) is 0 Å². The molecule has 2 aromatic rings. The van der Waals surface area contributed by atoms with Crippen molar-refractivity contribution in [1.29, 1.82) is 0 Å². The predicted octanol–water partition coefficient (Wildman–Crippen LogP) is 5.26. The number of carbonyl (C=O) groups excluding carboxylic acids is 1. The number of hydrogen-bond donors (Lipinski definition) is 0. The molecule has 0 radical (unpaired) electrons. The van der Waals surface area contributed by atoms with Crippen molar-refractivity contribution < 1.29 is 13.6 Å². The zero-order chi connectivity index (χ0) is 15.8. The van der Waals surface area contributed by atoms with Crippen molar-refractivity contribution in [2.45, 2.75) is 26.2 Å². The summed E-state index contributed by atoms with van der Waals surface area (Å²) in [4.78, 5) is 12.3. The Kier molecular flexibility index (Phi) is 4.28. The molecule has 0 saturated heterocycles. The Hall–Kier alpha value is -1.55. The van der Waals surface area contributed by atoms with Crippen molar-refractivity contribution in [3.05, 3.63) is 69.2 Å². The van der Waals surface area contributed by atoms with Crippen molar-refractivity contribution in [1.82, 2.24) is 0 Å². The van der Waals surface area contributed by atoms with Gasteiger partial charge < -0.3 is 0 Å². The maximum absolute atomic E-state index is 13.8. The molecule has 2 rings (SSSR count). The van der Waals surface area contributed by atoms with Gasteiger partial charge in [0.15, 0.2) is 5.78 Å². The number of hydrogen-bond acceptors (Lipinski definition) is 1. The smallest absolute Gasteiger partial charge is 0.198 e. The minimum Gasteiger partial charge on any atom is -0.288 e. The Labute approximate surface area is 131 Å². The van der Waals surface area contributed by atoms with Crippen LogP contribution in [0, 0.1) is 11.6 Å². The fourth-order valence-electron chi connectivity index (χ4n) is 2.03. The van der Waals surface area contributed by atoms with E-state index in [1.54, 1.807) is 12.1 Å². The molecular formula is C17H15BrF2O. The van der Waals surface area contributed by atoms with Crippen molar-refractivity contribution in [3.8, 4) is 0 Å². The van der Waals surface area contributed by atoms with Gasteiger partial charge in [0.25, 0.3) is 0 Å². The molecule has 110 valence electrons. The Morgan fingerprint density at radius 3 is 1.90 bits per heavy atom. The lowest BCUT2D eigenvalue weighted by atomic mass is 9.86. The van der Waals surface area contributed by atoms with Gasteiger partial charge in [0, 0.05) is 10.0 Å². The van der Waals surface area contributed by atoms with Crippen LogP contribution in [0.3, 0.4) is 0 Å². The van der Waals surface area contributed by atoms with Gasteiger partial charge in [-0.1, -0.05) is 61.0 Å². The number of rotatable bonds is 2. The largest absolute Gasteiger partial charge is 0.288 e. The molecule has 0 atom stereocenters. The van der Waals surface area contributed by atoms with Crippen LogP contribution in [0.4, 0.5) is 8.78 Å². The summed E-state index contributed by atoms with van der Waals surface area (Å²) in [6, 6.07) is 8.98. The van der Waals surface area contributed by atoms with Crippen LogP contribution in [0.25, 0.3) is 0 Å². The molecule has 0 spiro atoms. The molecule has 0 unspecified atom stereocenters. The average molecular weight is 353 g/mol. The average Bonchev–Trinajstić information content (AvgIpc) is 2.36. The molecule has 0 aliphatic rings. The van der Waals surface area contributed by atoms with E-state index < -0.39 is 23.0 Å². The first kappa shape index (κ1) is 15.8. The molecule has 0 heterocycles. The number of carbonyl (C=O) groups is 1. The Bertz CT molecular complexity index is 662. The maximum Gasteiger partial charge on any atom is 0.198 e. The van der Waals surface area contributed by atoms with Crippen LogP contribution in [-0.2, 0) is 5.41 Å². The lowest BCUT2D eigenvalue weighted by molar-refractivity contribution is 0.103. The van der Waals surface area contributed by atoms with E-state index >= 15 is 0 Å². The van der Waals surface area contributed by atoms with Crippen LogP contribution >= 0.6 is 15.9 Å². The van der Waals surface area contributed by atoms with E-state index in [9.17, 15) is 13.6 Å². The topological polar surface area (TPSA) is 17.1 Å². The van der Waals surface area contributed by atoms with Gasteiger partial charge in [-0.3, -0.25) is 4.79 Å². The van der Waals surface area contributed by atoms with E-state index in [1.807, 2.05) is 12.1 Å². The molecule has 1 nitrogen and oxygen atoms in total. The van der Waals surface area contributed by atoms with Gasteiger partial charge in [0.05, 0.1) is 5.56 Å². The highest BCUT2D eigenvalue weighted by Gasteiger charge is 2.21. The summed E-state index contributed by atoms with van der Waals surface area (Å²) >= 11 is 2.99. The lowest BCUT2D eigenvalue weighted by Gasteiger charge is -2.19. The summed E-state index contributed by atoms with van der Waals surface area (Å²) in [5, 5.41) is 0. The molecule has 0 aliphatic heterocycles. The fraction of sp³-hybridized carbons (Fsp3) is 0.235. The van der Waals surface area contributed by atoms with Crippen LogP contribution in [0.15, 0.2) is 40.9 Å². The monoisotopic (exact) mass is 352 g/mol. The normalized spacial score (nSPS) is 11.5. The van der Waals surface area contributed by atoms with Crippen molar-refractivity contribution >= 4 is 21.7 Å². The molecule has 4 heteroatoms. The second-order valence-electron chi connectivity index (χ2n) is 5.90. The summed E-state index contributed by atoms with van der Waals surface area (Å²) in [6.45, 7) is 6.16. The molecule has 0 saturated carbocycles. The van der Waals surface area contributed by atoms with E-state index in [1.165, 1.54) is 0 Å². The number of halogens is 3. The van der Waals surface area contributed by atoms with Crippen LogP contribution in [-0.4, -0.2) is 5.78 Å². The summed E-state index contributed by atoms with van der Waals surface area (Å²) < 4.78 is 27.9. The van der Waals surface area contributed by atoms with Gasteiger partial charge in [-0.25, -0.2) is 8.78 Å². The second kappa shape index (κ2) is 5.68. The van der Waals surface area contributed by atoms with Gasteiger partial charge in [0.2, 0.25) is 0 Å². The maximum atomic E-state index is 13.8. The molecule has 2 aromatic carbocycles. The van der Waals surface area contributed by atoms with Crippen molar-refractivity contribution in [2.75, 3.05) is 0 Å². The van der Waals surface area contributed by atoms with Gasteiger partial charge >= 0.3 is 0 Å². The highest BCUT2D eigenvalue weighted by Crippen LogP contribution is 2.25. The van der Waals surface area contributed by atoms with Crippen LogP contribution in [0.1, 0.15) is 42.3 Å². The zero-order valence-corrected chi connectivity index (χ0v) is 13.6. The molecule has 0 N–H and O–H groups in total. The Morgan fingerprint density at radius 2 is 1.48 bits per heavy atom. The van der Waals surface area contributed by atoms with Crippen LogP contribution < -0.4 is 0 Å². The van der Waals surface area contributed by atoms with E-state index in [0.29, 0.717) is 0 Å². The first-order chi connectivity index (χ1) is 9.70.